The molecule has 4 N–H and O–H groups in total. The van der Waals surface area contributed by atoms with E-state index in [9.17, 15) is 14.7 Å². The topological polar surface area (TPSA) is 107 Å². The summed E-state index contributed by atoms with van der Waals surface area (Å²) in [7, 11) is 0. The minimum atomic E-state index is -1.30. The summed E-state index contributed by atoms with van der Waals surface area (Å²) in [6.07, 6.45) is -1.02. The zero-order valence-electron chi connectivity index (χ0n) is 12.3. The van der Waals surface area contributed by atoms with E-state index in [0.717, 1.165) is 0 Å². The molecule has 0 aliphatic rings. The van der Waals surface area contributed by atoms with E-state index in [1.165, 1.54) is 0 Å². The Labute approximate surface area is 133 Å². The van der Waals surface area contributed by atoms with Crippen LogP contribution in [0.1, 0.15) is 29.5 Å². The van der Waals surface area contributed by atoms with E-state index in [2.05, 4.69) is 5.32 Å². The zero-order valence-corrected chi connectivity index (χ0v) is 12.5. The molecule has 0 aliphatic carbocycles. The van der Waals surface area contributed by atoms with Crippen molar-refractivity contribution in [3.63, 3.8) is 0 Å². The van der Waals surface area contributed by atoms with Crippen LogP contribution in [0.3, 0.4) is 0 Å². The van der Waals surface area contributed by atoms with E-state index in [4.69, 9.17) is 10.2 Å². The summed E-state index contributed by atoms with van der Waals surface area (Å²) in [5, 5.41) is 29.3. The molecule has 17 heavy (non-hydrogen) atoms. The van der Waals surface area contributed by atoms with Crippen LogP contribution in [0.5, 0.6) is 0 Å². The van der Waals surface area contributed by atoms with E-state index in [-0.39, 0.29) is 60.2 Å². The molecular weight excluding hydrogens is 254 g/mol. The molecule has 0 aromatic carbocycles. The number of amides is 1. The molecule has 6 nitrogen and oxygen atoms in total. The maximum Gasteiger partial charge on any atom is 2.00 e. The Morgan fingerprint density at radius 1 is 1.41 bits per heavy atom. The number of carboxylic acid groups (broad SMARTS) is 1. The first-order valence-corrected chi connectivity index (χ1v) is 5.09. The second-order valence-corrected chi connectivity index (χ2v) is 4.34. The quantitative estimate of drug-likeness (QED) is 0.359. The van der Waals surface area contributed by atoms with Crippen LogP contribution < -0.4 is 5.32 Å². The summed E-state index contributed by atoms with van der Waals surface area (Å²) in [6.45, 7) is 3.02. The van der Waals surface area contributed by atoms with Gasteiger partial charge in [-0.15, -0.1) is 0 Å². The summed E-state index contributed by atoms with van der Waals surface area (Å²) < 4.78 is 0. The van der Waals surface area contributed by atoms with Crippen LogP contribution in [0, 0.1) is 5.41 Å². The minimum Gasteiger partial charge on any atom is -1.00 e. The maximum atomic E-state index is 11.4. The molecular formula is C10H21CaNO5. The van der Waals surface area contributed by atoms with Crippen molar-refractivity contribution in [2.75, 3.05) is 13.2 Å². The fraction of sp³-hybridized carbons (Fsp3) is 0.800. The number of carbonyl (C=O) groups is 2. The predicted molar refractivity (Wildman–Crippen MR) is 64.7 cm³/mol. The number of hydrogen-bond donors (Lipinski definition) is 4. The van der Waals surface area contributed by atoms with Crippen LogP contribution in [0.4, 0.5) is 0 Å². The fourth-order valence-electron chi connectivity index (χ4n) is 0.989. The SMILES string of the molecule is CC(C)(CO)C(O)C(=O)NCCCC(=O)O.[Ca+2].[H-].[H-]. The van der Waals surface area contributed by atoms with Gasteiger partial charge in [-0.05, 0) is 6.42 Å². The summed E-state index contributed by atoms with van der Waals surface area (Å²) in [4.78, 5) is 21.6. The molecule has 98 valence electrons. The first kappa shape index (κ1) is 19.5. The van der Waals surface area contributed by atoms with Gasteiger partial charge in [-0.2, -0.15) is 0 Å². The van der Waals surface area contributed by atoms with Gasteiger partial charge < -0.3 is 23.5 Å². The van der Waals surface area contributed by atoms with Crippen molar-refractivity contribution in [3.05, 3.63) is 0 Å². The van der Waals surface area contributed by atoms with Crippen LogP contribution in [0.2, 0.25) is 0 Å². The van der Waals surface area contributed by atoms with Gasteiger partial charge in [0.25, 0.3) is 0 Å². The number of aliphatic hydroxyl groups excluding tert-OH is 2. The number of hydrogen-bond acceptors (Lipinski definition) is 4. The first-order chi connectivity index (χ1) is 7.31. The molecule has 0 fully saturated rings. The van der Waals surface area contributed by atoms with Gasteiger partial charge in [-0.3, -0.25) is 9.59 Å². The van der Waals surface area contributed by atoms with Gasteiger partial charge in [0, 0.05) is 18.4 Å². The van der Waals surface area contributed by atoms with Crippen molar-refractivity contribution in [3.8, 4) is 0 Å². The molecule has 0 rings (SSSR count). The monoisotopic (exact) mass is 275 g/mol. The van der Waals surface area contributed by atoms with Gasteiger partial charge in [0.1, 0.15) is 6.10 Å². The standard InChI is InChI=1S/C10H19NO5.Ca.2H/c1-10(2,6-12)8(15)9(16)11-5-3-4-7(13)14;;;/h8,12,15H,3-6H2,1-2H3,(H,11,16)(H,13,14);;;/q;+2;2*-1. The van der Waals surface area contributed by atoms with E-state index in [1.54, 1.807) is 13.8 Å². The van der Waals surface area contributed by atoms with Gasteiger partial charge in [0.2, 0.25) is 5.91 Å². The van der Waals surface area contributed by atoms with Crippen molar-refractivity contribution >= 4 is 49.6 Å². The molecule has 7 heteroatoms. The Hall–Kier alpha value is 0.120. The number of aliphatic hydroxyl groups is 2. The van der Waals surface area contributed by atoms with Gasteiger partial charge in [-0.25, -0.2) is 0 Å². The van der Waals surface area contributed by atoms with Crippen molar-refractivity contribution in [1.82, 2.24) is 5.32 Å². The fourth-order valence-corrected chi connectivity index (χ4v) is 0.989. The zero-order chi connectivity index (χ0) is 12.8. The first-order valence-electron chi connectivity index (χ1n) is 5.09. The molecule has 1 unspecified atom stereocenters. The van der Waals surface area contributed by atoms with E-state index in [0.29, 0.717) is 6.42 Å². The normalized spacial score (nSPS) is 12.5. The summed E-state index contributed by atoms with van der Waals surface area (Å²) in [6, 6.07) is 0. The third kappa shape index (κ3) is 7.94. The van der Waals surface area contributed by atoms with Gasteiger partial charge >= 0.3 is 43.7 Å². The average Bonchev–Trinajstić information content (AvgIpc) is 2.22. The molecule has 0 heterocycles. The molecule has 1 amide bonds. The number of carboxylic acids is 1. The van der Waals surface area contributed by atoms with Gasteiger partial charge in [0.05, 0.1) is 6.61 Å². The predicted octanol–water partition coefficient (Wildman–Crippen LogP) is -0.809. The van der Waals surface area contributed by atoms with E-state index < -0.39 is 23.4 Å². The number of aliphatic carboxylic acids is 1. The Balaban J connectivity index is -0.000000375. The van der Waals surface area contributed by atoms with Crippen LogP contribution in [0.15, 0.2) is 0 Å². The number of rotatable bonds is 7. The van der Waals surface area contributed by atoms with Crippen molar-refractivity contribution in [2.45, 2.75) is 32.8 Å². The molecule has 0 saturated carbocycles. The van der Waals surface area contributed by atoms with Crippen molar-refractivity contribution in [2.24, 2.45) is 5.41 Å². The van der Waals surface area contributed by atoms with Gasteiger partial charge in [-0.1, -0.05) is 13.8 Å². The second-order valence-electron chi connectivity index (χ2n) is 4.34. The van der Waals surface area contributed by atoms with Crippen molar-refractivity contribution < 1.29 is 27.8 Å². The van der Waals surface area contributed by atoms with E-state index in [1.807, 2.05) is 0 Å². The average molecular weight is 275 g/mol. The third-order valence-corrected chi connectivity index (χ3v) is 2.26. The largest absolute Gasteiger partial charge is 2.00 e. The molecule has 0 spiro atoms. The maximum absolute atomic E-state index is 11.4. The second kappa shape index (κ2) is 9.10. The van der Waals surface area contributed by atoms with Crippen LogP contribution in [-0.2, 0) is 9.59 Å². The van der Waals surface area contributed by atoms with Crippen molar-refractivity contribution in [1.29, 1.82) is 0 Å². The molecule has 0 aromatic heterocycles. The Morgan fingerprint density at radius 2 is 1.94 bits per heavy atom. The third-order valence-electron chi connectivity index (χ3n) is 2.26. The Bertz CT molecular complexity index is 266. The summed E-state index contributed by atoms with van der Waals surface area (Å²) in [5.41, 5.74) is -0.906. The smallest absolute Gasteiger partial charge is 1.00 e. The van der Waals surface area contributed by atoms with Gasteiger partial charge in [0.15, 0.2) is 0 Å². The van der Waals surface area contributed by atoms with Crippen LogP contribution in [0.25, 0.3) is 0 Å². The van der Waals surface area contributed by atoms with Crippen LogP contribution in [-0.4, -0.2) is 84.2 Å². The Morgan fingerprint density at radius 3 is 2.35 bits per heavy atom. The number of nitrogens with one attached hydrogen (secondary N) is 1. The van der Waals surface area contributed by atoms with E-state index >= 15 is 0 Å². The van der Waals surface area contributed by atoms with Crippen LogP contribution >= 0.6 is 0 Å². The Kier molecular flexibility index (Phi) is 10.4. The molecule has 0 radical (unpaired) electrons. The minimum absolute atomic E-state index is 0. The molecule has 0 saturated heterocycles. The summed E-state index contributed by atoms with van der Waals surface area (Å²) >= 11 is 0. The summed E-state index contributed by atoms with van der Waals surface area (Å²) in [5.74, 6) is -1.52. The number of carbonyl (C=O) groups excluding carboxylic acids is 1. The molecule has 0 aliphatic heterocycles. The molecule has 1 atom stereocenters. The molecule has 0 aromatic rings. The molecule has 0 bridgehead atoms.